The van der Waals surface area contributed by atoms with Crippen LogP contribution >= 0.6 is 23.5 Å². The molecule has 0 aliphatic carbocycles. The van der Waals surface area contributed by atoms with Gasteiger partial charge in [-0.1, -0.05) is 6.92 Å². The highest BCUT2D eigenvalue weighted by atomic mass is 32.2. The zero-order valence-corrected chi connectivity index (χ0v) is 9.50. The van der Waals surface area contributed by atoms with Gasteiger partial charge in [-0.15, -0.1) is 0 Å². The molecule has 0 heterocycles. The topological polar surface area (TPSA) is 63.3 Å². The van der Waals surface area contributed by atoms with Crippen molar-refractivity contribution in [3.8, 4) is 0 Å². The number of thioether (sulfide) groups is 2. The van der Waals surface area contributed by atoms with Gasteiger partial charge in [0.15, 0.2) is 0 Å². The SMILES string of the molecule is CCSCCCSC[C@@H](N)C(=O)O. The van der Waals surface area contributed by atoms with Crippen LogP contribution in [0.5, 0.6) is 0 Å². The van der Waals surface area contributed by atoms with Gasteiger partial charge in [-0.3, -0.25) is 4.79 Å². The van der Waals surface area contributed by atoms with E-state index in [4.69, 9.17) is 10.8 Å². The average molecular weight is 223 g/mol. The number of carbonyl (C=O) groups is 1. The largest absolute Gasteiger partial charge is 0.480 e. The Hall–Kier alpha value is 0.130. The first-order valence-corrected chi connectivity index (χ1v) is 6.63. The third-order valence-electron chi connectivity index (χ3n) is 1.40. The smallest absolute Gasteiger partial charge is 0.321 e. The summed E-state index contributed by atoms with van der Waals surface area (Å²) >= 11 is 3.53. The van der Waals surface area contributed by atoms with E-state index in [0.717, 1.165) is 23.7 Å². The quantitative estimate of drug-likeness (QED) is 0.607. The van der Waals surface area contributed by atoms with E-state index in [9.17, 15) is 4.79 Å². The lowest BCUT2D eigenvalue weighted by atomic mass is 10.4. The summed E-state index contributed by atoms with van der Waals surface area (Å²) in [6, 6.07) is -0.705. The third kappa shape index (κ3) is 8.46. The molecule has 0 bridgehead atoms. The Morgan fingerprint density at radius 2 is 2.08 bits per heavy atom. The molecular weight excluding hydrogens is 206 g/mol. The third-order valence-corrected chi connectivity index (χ3v) is 3.55. The van der Waals surface area contributed by atoms with Crippen LogP contribution in [0.15, 0.2) is 0 Å². The average Bonchev–Trinajstić information content (AvgIpc) is 2.10. The zero-order valence-electron chi connectivity index (χ0n) is 7.86. The molecule has 0 amide bonds. The van der Waals surface area contributed by atoms with E-state index in [-0.39, 0.29) is 0 Å². The van der Waals surface area contributed by atoms with Gasteiger partial charge in [0.05, 0.1) is 0 Å². The number of nitrogens with two attached hydrogens (primary N) is 1. The molecule has 0 unspecified atom stereocenters. The lowest BCUT2D eigenvalue weighted by molar-refractivity contribution is -0.137. The fourth-order valence-corrected chi connectivity index (χ4v) is 2.42. The molecule has 0 aliphatic rings. The fourth-order valence-electron chi connectivity index (χ4n) is 0.689. The van der Waals surface area contributed by atoms with Crippen LogP contribution in [0.3, 0.4) is 0 Å². The molecule has 0 rings (SSSR count). The van der Waals surface area contributed by atoms with E-state index >= 15 is 0 Å². The van der Waals surface area contributed by atoms with Crippen molar-refractivity contribution in [1.29, 1.82) is 0 Å². The number of aliphatic carboxylic acids is 1. The summed E-state index contributed by atoms with van der Waals surface area (Å²) in [6.45, 7) is 2.14. The van der Waals surface area contributed by atoms with Crippen LogP contribution in [-0.2, 0) is 4.79 Å². The molecule has 0 radical (unpaired) electrons. The first-order chi connectivity index (χ1) is 6.18. The highest BCUT2D eigenvalue weighted by molar-refractivity contribution is 8.00. The monoisotopic (exact) mass is 223 g/mol. The van der Waals surface area contributed by atoms with Crippen molar-refractivity contribution >= 4 is 29.5 Å². The molecule has 0 saturated heterocycles. The molecule has 0 fully saturated rings. The molecule has 0 aliphatic heterocycles. The normalized spacial score (nSPS) is 12.8. The maximum absolute atomic E-state index is 10.3. The molecule has 5 heteroatoms. The Morgan fingerprint density at radius 3 is 2.62 bits per heavy atom. The second kappa shape index (κ2) is 8.72. The predicted molar refractivity (Wildman–Crippen MR) is 60.6 cm³/mol. The Bertz CT molecular complexity index is 144. The van der Waals surface area contributed by atoms with Crippen molar-refractivity contribution in [1.82, 2.24) is 0 Å². The highest BCUT2D eigenvalue weighted by Crippen LogP contribution is 2.08. The van der Waals surface area contributed by atoms with Gasteiger partial charge in [-0.05, 0) is 23.7 Å². The first-order valence-electron chi connectivity index (χ1n) is 4.32. The van der Waals surface area contributed by atoms with Crippen LogP contribution in [0.4, 0.5) is 0 Å². The maximum Gasteiger partial charge on any atom is 0.321 e. The van der Waals surface area contributed by atoms with Crippen LogP contribution in [0, 0.1) is 0 Å². The minimum atomic E-state index is -0.907. The fraction of sp³-hybridized carbons (Fsp3) is 0.875. The summed E-state index contributed by atoms with van der Waals surface area (Å²) in [7, 11) is 0. The van der Waals surface area contributed by atoms with Gasteiger partial charge in [-0.2, -0.15) is 23.5 Å². The van der Waals surface area contributed by atoms with Gasteiger partial charge in [0.2, 0.25) is 0 Å². The lowest BCUT2D eigenvalue weighted by Crippen LogP contribution is -2.32. The van der Waals surface area contributed by atoms with E-state index < -0.39 is 12.0 Å². The lowest BCUT2D eigenvalue weighted by Gasteiger charge is -2.05. The van der Waals surface area contributed by atoms with Gasteiger partial charge < -0.3 is 10.8 Å². The molecule has 3 nitrogen and oxygen atoms in total. The van der Waals surface area contributed by atoms with Crippen molar-refractivity contribution in [3.63, 3.8) is 0 Å². The minimum absolute atomic E-state index is 0.520. The summed E-state index contributed by atoms with van der Waals surface area (Å²) in [6.07, 6.45) is 1.13. The Balaban J connectivity index is 3.11. The molecule has 0 saturated carbocycles. The van der Waals surface area contributed by atoms with E-state index in [1.807, 2.05) is 11.8 Å². The number of rotatable bonds is 8. The van der Waals surface area contributed by atoms with Crippen LogP contribution in [0.25, 0.3) is 0 Å². The Morgan fingerprint density at radius 1 is 1.46 bits per heavy atom. The van der Waals surface area contributed by atoms with Crippen molar-refractivity contribution in [2.45, 2.75) is 19.4 Å². The van der Waals surface area contributed by atoms with E-state index in [1.54, 1.807) is 11.8 Å². The predicted octanol–water partition coefficient (Wildman–Crippen LogP) is 1.27. The second-order valence-corrected chi connectivity index (χ2v) is 5.11. The van der Waals surface area contributed by atoms with Crippen molar-refractivity contribution in [2.75, 3.05) is 23.0 Å². The summed E-state index contributed by atoms with van der Waals surface area (Å²) < 4.78 is 0. The van der Waals surface area contributed by atoms with Crippen molar-refractivity contribution < 1.29 is 9.90 Å². The molecule has 3 N–H and O–H groups in total. The number of hydrogen-bond donors (Lipinski definition) is 2. The van der Waals surface area contributed by atoms with Gasteiger partial charge in [-0.25, -0.2) is 0 Å². The summed E-state index contributed by atoms with van der Waals surface area (Å²) in [5, 5.41) is 8.48. The van der Waals surface area contributed by atoms with Crippen LogP contribution in [0.2, 0.25) is 0 Å². The van der Waals surface area contributed by atoms with Crippen LogP contribution < -0.4 is 5.73 Å². The van der Waals surface area contributed by atoms with Gasteiger partial charge in [0.1, 0.15) is 6.04 Å². The molecular formula is C8H17NO2S2. The van der Waals surface area contributed by atoms with Crippen molar-refractivity contribution in [3.05, 3.63) is 0 Å². The number of hydrogen-bond acceptors (Lipinski definition) is 4. The minimum Gasteiger partial charge on any atom is -0.480 e. The van der Waals surface area contributed by atoms with E-state index in [0.29, 0.717) is 5.75 Å². The molecule has 0 aromatic heterocycles. The van der Waals surface area contributed by atoms with Gasteiger partial charge in [0.25, 0.3) is 0 Å². The molecule has 13 heavy (non-hydrogen) atoms. The van der Waals surface area contributed by atoms with Crippen LogP contribution in [0.1, 0.15) is 13.3 Å². The van der Waals surface area contributed by atoms with Crippen molar-refractivity contribution in [2.24, 2.45) is 5.73 Å². The summed E-state index contributed by atoms with van der Waals surface area (Å²) in [5.41, 5.74) is 5.33. The second-order valence-electron chi connectivity index (χ2n) is 2.57. The molecule has 1 atom stereocenters. The molecule has 78 valence electrons. The number of carboxylic acid groups (broad SMARTS) is 1. The highest BCUT2D eigenvalue weighted by Gasteiger charge is 2.09. The Kier molecular flexibility index (Phi) is 8.80. The molecule has 0 aromatic carbocycles. The first kappa shape index (κ1) is 13.1. The van der Waals surface area contributed by atoms with Gasteiger partial charge in [0, 0.05) is 5.75 Å². The van der Waals surface area contributed by atoms with E-state index in [2.05, 4.69) is 6.92 Å². The van der Waals surface area contributed by atoms with Gasteiger partial charge >= 0.3 is 5.97 Å². The van der Waals surface area contributed by atoms with E-state index in [1.165, 1.54) is 0 Å². The Labute approximate surface area is 87.8 Å². The maximum atomic E-state index is 10.3. The zero-order chi connectivity index (χ0) is 10.1. The molecule has 0 spiro atoms. The standard InChI is InChI=1S/C8H17NO2S2/c1-2-12-4-3-5-13-6-7(9)8(10)11/h7H,2-6,9H2,1H3,(H,10,11)/t7-/m1/s1. The molecule has 0 aromatic rings. The number of carboxylic acids is 1. The van der Waals surface area contributed by atoms with Crippen LogP contribution in [-0.4, -0.2) is 40.1 Å². The summed E-state index contributed by atoms with van der Waals surface area (Å²) in [5.74, 6) is 2.93. The summed E-state index contributed by atoms with van der Waals surface area (Å²) in [4.78, 5) is 10.3.